The molecule has 8 nitrogen and oxygen atoms in total. The normalized spacial score (nSPS) is 10.8. The molecular weight excluding hydrogens is 384 g/mol. The van der Waals surface area contributed by atoms with Crippen LogP contribution in [0.25, 0.3) is 0 Å². The highest BCUT2D eigenvalue weighted by atomic mass is 32.2. The summed E-state index contributed by atoms with van der Waals surface area (Å²) in [5.74, 6) is -1.70. The number of anilines is 1. The van der Waals surface area contributed by atoms with Crippen molar-refractivity contribution in [1.29, 1.82) is 0 Å². The van der Waals surface area contributed by atoms with Gasteiger partial charge in [-0.1, -0.05) is 12.1 Å². The standard InChI is InChI=1S/C19H20N2O6S/c1-12-7-8-15(9-13(12)2)20-19(24)21-17(22)11-27-18(23)14-5-4-6-16(10-14)28(3,25)26/h4-10H,11H2,1-3H3,(H2,20,21,22,24). The van der Waals surface area contributed by atoms with Crippen LogP contribution in [0.15, 0.2) is 47.4 Å². The molecule has 28 heavy (non-hydrogen) atoms. The molecule has 0 spiro atoms. The van der Waals surface area contributed by atoms with Crippen LogP contribution >= 0.6 is 0 Å². The number of amides is 3. The summed E-state index contributed by atoms with van der Waals surface area (Å²) in [6.45, 7) is 3.13. The van der Waals surface area contributed by atoms with Crippen molar-refractivity contribution < 1.29 is 27.5 Å². The molecule has 2 rings (SSSR count). The highest BCUT2D eigenvalue weighted by Crippen LogP contribution is 2.14. The van der Waals surface area contributed by atoms with Gasteiger partial charge in [0, 0.05) is 11.9 Å². The van der Waals surface area contributed by atoms with E-state index in [1.54, 1.807) is 12.1 Å². The molecule has 2 N–H and O–H groups in total. The molecule has 0 bridgehead atoms. The van der Waals surface area contributed by atoms with Crippen molar-refractivity contribution in [2.75, 3.05) is 18.2 Å². The lowest BCUT2D eigenvalue weighted by atomic mass is 10.1. The Bertz CT molecular complexity index is 1030. The van der Waals surface area contributed by atoms with Crippen LogP contribution in [0.4, 0.5) is 10.5 Å². The molecular formula is C19H20N2O6S. The van der Waals surface area contributed by atoms with Crippen LogP contribution in [-0.4, -0.2) is 39.2 Å². The number of sulfone groups is 1. The molecule has 0 saturated heterocycles. The Morgan fingerprint density at radius 2 is 1.71 bits per heavy atom. The first kappa shape index (κ1) is 21.1. The SMILES string of the molecule is Cc1ccc(NC(=O)NC(=O)COC(=O)c2cccc(S(C)(=O)=O)c2)cc1C. The van der Waals surface area contributed by atoms with Gasteiger partial charge in [0.1, 0.15) is 0 Å². The fraction of sp³-hybridized carbons (Fsp3) is 0.211. The molecule has 2 aromatic carbocycles. The lowest BCUT2D eigenvalue weighted by Gasteiger charge is -2.09. The minimum absolute atomic E-state index is 0.0182. The zero-order valence-electron chi connectivity index (χ0n) is 15.6. The number of hydrogen-bond donors (Lipinski definition) is 2. The third kappa shape index (κ3) is 5.92. The van der Waals surface area contributed by atoms with Crippen LogP contribution in [0.1, 0.15) is 21.5 Å². The van der Waals surface area contributed by atoms with E-state index in [9.17, 15) is 22.8 Å². The largest absolute Gasteiger partial charge is 0.452 e. The van der Waals surface area contributed by atoms with Crippen molar-refractivity contribution in [3.8, 4) is 0 Å². The molecule has 0 unspecified atom stereocenters. The summed E-state index contributed by atoms with van der Waals surface area (Å²) in [5.41, 5.74) is 2.54. The van der Waals surface area contributed by atoms with Crippen LogP contribution in [-0.2, 0) is 19.4 Å². The second-order valence-electron chi connectivity index (χ2n) is 6.18. The molecule has 0 aromatic heterocycles. The van der Waals surface area contributed by atoms with Gasteiger partial charge in [-0.15, -0.1) is 0 Å². The summed E-state index contributed by atoms with van der Waals surface area (Å²) in [7, 11) is -3.48. The van der Waals surface area contributed by atoms with E-state index < -0.39 is 34.4 Å². The molecule has 0 saturated carbocycles. The Labute approximate surface area is 162 Å². The van der Waals surface area contributed by atoms with Crippen molar-refractivity contribution >= 4 is 33.4 Å². The Kier molecular flexibility index (Phi) is 6.53. The van der Waals surface area contributed by atoms with E-state index in [-0.39, 0.29) is 10.5 Å². The lowest BCUT2D eigenvalue weighted by molar-refractivity contribution is -0.123. The van der Waals surface area contributed by atoms with Gasteiger partial charge in [-0.05, 0) is 55.3 Å². The molecule has 0 radical (unpaired) electrons. The van der Waals surface area contributed by atoms with E-state index in [1.165, 1.54) is 18.2 Å². The van der Waals surface area contributed by atoms with Crippen molar-refractivity contribution in [1.82, 2.24) is 5.32 Å². The van der Waals surface area contributed by atoms with Gasteiger partial charge in [-0.25, -0.2) is 18.0 Å². The van der Waals surface area contributed by atoms with Gasteiger partial charge in [0.25, 0.3) is 5.91 Å². The van der Waals surface area contributed by atoms with Gasteiger partial charge in [0.2, 0.25) is 0 Å². The van der Waals surface area contributed by atoms with Crippen LogP contribution < -0.4 is 10.6 Å². The second-order valence-corrected chi connectivity index (χ2v) is 8.19. The number of nitrogens with one attached hydrogen (secondary N) is 2. The summed E-state index contributed by atoms with van der Waals surface area (Å²) in [5, 5.41) is 4.55. The number of carbonyl (C=O) groups excluding carboxylic acids is 3. The van der Waals surface area contributed by atoms with Gasteiger partial charge in [-0.2, -0.15) is 0 Å². The molecule has 0 aliphatic carbocycles. The van der Waals surface area contributed by atoms with Gasteiger partial charge < -0.3 is 10.1 Å². The minimum atomic E-state index is -3.48. The van der Waals surface area contributed by atoms with Gasteiger partial charge in [0.05, 0.1) is 10.5 Å². The van der Waals surface area contributed by atoms with Gasteiger partial charge >= 0.3 is 12.0 Å². The summed E-state index contributed by atoms with van der Waals surface area (Å²) in [6.07, 6.45) is 1.01. The molecule has 0 aliphatic rings. The van der Waals surface area contributed by atoms with Crippen molar-refractivity contribution in [3.63, 3.8) is 0 Å². The predicted molar refractivity (Wildman–Crippen MR) is 103 cm³/mol. The third-order valence-electron chi connectivity index (χ3n) is 3.85. The molecule has 0 atom stereocenters. The first-order valence-electron chi connectivity index (χ1n) is 8.21. The van der Waals surface area contributed by atoms with E-state index >= 15 is 0 Å². The molecule has 2 aromatic rings. The van der Waals surface area contributed by atoms with Crippen LogP contribution in [0.2, 0.25) is 0 Å². The average molecular weight is 404 g/mol. The summed E-state index contributed by atoms with van der Waals surface area (Å²) >= 11 is 0. The van der Waals surface area contributed by atoms with Crippen molar-refractivity contribution in [2.45, 2.75) is 18.7 Å². The number of urea groups is 1. The lowest BCUT2D eigenvalue weighted by Crippen LogP contribution is -2.37. The Hall–Kier alpha value is -3.20. The van der Waals surface area contributed by atoms with E-state index in [2.05, 4.69) is 5.32 Å². The molecule has 0 heterocycles. The highest BCUT2D eigenvalue weighted by Gasteiger charge is 2.15. The van der Waals surface area contributed by atoms with E-state index in [0.717, 1.165) is 23.4 Å². The molecule has 9 heteroatoms. The number of carbonyl (C=O) groups is 3. The smallest absolute Gasteiger partial charge is 0.338 e. The maximum Gasteiger partial charge on any atom is 0.338 e. The van der Waals surface area contributed by atoms with Crippen LogP contribution in [0, 0.1) is 13.8 Å². The average Bonchev–Trinajstić information content (AvgIpc) is 2.62. The first-order valence-corrected chi connectivity index (χ1v) is 10.1. The molecule has 148 valence electrons. The number of hydrogen-bond acceptors (Lipinski definition) is 6. The molecule has 3 amide bonds. The number of esters is 1. The monoisotopic (exact) mass is 404 g/mol. The number of benzene rings is 2. The number of imide groups is 1. The fourth-order valence-electron chi connectivity index (χ4n) is 2.21. The first-order chi connectivity index (χ1) is 13.1. The minimum Gasteiger partial charge on any atom is -0.452 e. The quantitative estimate of drug-likeness (QED) is 0.738. The molecule has 0 fully saturated rings. The zero-order chi connectivity index (χ0) is 20.9. The number of aryl methyl sites for hydroxylation is 2. The topological polar surface area (TPSA) is 119 Å². The zero-order valence-corrected chi connectivity index (χ0v) is 16.4. The van der Waals surface area contributed by atoms with Crippen molar-refractivity contribution in [3.05, 3.63) is 59.2 Å². The number of rotatable bonds is 5. The third-order valence-corrected chi connectivity index (χ3v) is 4.96. The number of ether oxygens (including phenoxy) is 1. The van der Waals surface area contributed by atoms with Gasteiger partial charge in [0.15, 0.2) is 16.4 Å². The predicted octanol–water partition coefficient (Wildman–Crippen LogP) is 2.21. The van der Waals surface area contributed by atoms with E-state index in [0.29, 0.717) is 5.69 Å². The van der Waals surface area contributed by atoms with Crippen molar-refractivity contribution in [2.24, 2.45) is 0 Å². The van der Waals surface area contributed by atoms with E-state index in [4.69, 9.17) is 4.74 Å². The van der Waals surface area contributed by atoms with Crippen LogP contribution in [0.5, 0.6) is 0 Å². The fourth-order valence-corrected chi connectivity index (χ4v) is 2.88. The second kappa shape index (κ2) is 8.66. The Morgan fingerprint density at radius 1 is 1.00 bits per heavy atom. The highest BCUT2D eigenvalue weighted by molar-refractivity contribution is 7.90. The molecule has 0 aliphatic heterocycles. The Morgan fingerprint density at radius 3 is 2.36 bits per heavy atom. The Balaban J connectivity index is 1.88. The maximum atomic E-state index is 12.0. The maximum absolute atomic E-state index is 12.0. The summed E-state index contributed by atoms with van der Waals surface area (Å²) in [6, 6.07) is 9.78. The van der Waals surface area contributed by atoms with Gasteiger partial charge in [-0.3, -0.25) is 10.1 Å². The summed E-state index contributed by atoms with van der Waals surface area (Å²) < 4.78 is 27.9. The summed E-state index contributed by atoms with van der Waals surface area (Å²) in [4.78, 5) is 35.6. The van der Waals surface area contributed by atoms with E-state index in [1.807, 2.05) is 25.2 Å². The van der Waals surface area contributed by atoms with Crippen LogP contribution in [0.3, 0.4) is 0 Å².